The Labute approximate surface area is 101 Å². The molecule has 1 unspecified atom stereocenters. The van der Waals surface area contributed by atoms with Gasteiger partial charge in [0.1, 0.15) is 6.04 Å². The van der Waals surface area contributed by atoms with Crippen LogP contribution in [0.2, 0.25) is 0 Å². The Morgan fingerprint density at radius 2 is 2.29 bits per heavy atom. The molecular weight excluding hydrogens is 222 g/mol. The monoisotopic (exact) mass is 241 g/mol. The zero-order chi connectivity index (χ0) is 12.8. The third-order valence-corrected chi connectivity index (χ3v) is 2.81. The Kier molecular flexibility index (Phi) is 5.00. The number of rotatable bonds is 4. The van der Waals surface area contributed by atoms with Gasteiger partial charge in [-0.3, -0.25) is 4.90 Å². The van der Waals surface area contributed by atoms with Crippen LogP contribution in [-0.4, -0.2) is 41.3 Å². The lowest BCUT2D eigenvalue weighted by Crippen LogP contribution is -2.48. The van der Waals surface area contributed by atoms with Crippen molar-refractivity contribution >= 4 is 12.1 Å². The number of carboxylic acid groups (broad SMARTS) is 1. The number of carbonyl (C=O) groups excluding carboxylic acids is 1. The predicted molar refractivity (Wildman–Crippen MR) is 62.8 cm³/mol. The lowest BCUT2D eigenvalue weighted by Gasteiger charge is -2.33. The van der Waals surface area contributed by atoms with Crippen molar-refractivity contribution in [1.29, 1.82) is 0 Å². The lowest BCUT2D eigenvalue weighted by atomic mass is 9.98. The normalized spacial score (nSPS) is 20.2. The topological polar surface area (TPSA) is 66.8 Å². The summed E-state index contributed by atoms with van der Waals surface area (Å²) in [5.74, 6) is -1.00. The van der Waals surface area contributed by atoms with Crippen LogP contribution in [0.25, 0.3) is 0 Å². The number of unbranched alkanes of at least 4 members (excludes halogenated alkanes) is 1. The number of hydrogen-bond acceptors (Lipinski definition) is 3. The van der Waals surface area contributed by atoms with E-state index in [-0.39, 0.29) is 0 Å². The quantitative estimate of drug-likeness (QED) is 0.604. The molecule has 5 nitrogen and oxygen atoms in total. The lowest BCUT2D eigenvalue weighted by molar-refractivity contribution is -0.143. The number of amides is 1. The van der Waals surface area contributed by atoms with Gasteiger partial charge in [0.2, 0.25) is 0 Å². The van der Waals surface area contributed by atoms with Crippen molar-refractivity contribution in [2.24, 2.45) is 0 Å². The van der Waals surface area contributed by atoms with E-state index in [0.717, 1.165) is 18.4 Å². The molecule has 1 fully saturated rings. The highest BCUT2D eigenvalue weighted by Crippen LogP contribution is 2.21. The molecule has 0 aromatic carbocycles. The van der Waals surface area contributed by atoms with E-state index in [4.69, 9.17) is 9.84 Å². The summed E-state index contributed by atoms with van der Waals surface area (Å²) < 4.78 is 5.03. The SMILES string of the molecule is C=C1CCN(C(=O)OCCCC)C(C(=O)O)C1. The number of hydrogen-bond donors (Lipinski definition) is 1. The first-order chi connectivity index (χ1) is 8.06. The molecule has 0 bridgehead atoms. The fourth-order valence-corrected chi connectivity index (χ4v) is 1.75. The van der Waals surface area contributed by atoms with Gasteiger partial charge in [-0.1, -0.05) is 25.5 Å². The summed E-state index contributed by atoms with van der Waals surface area (Å²) in [4.78, 5) is 24.0. The Hall–Kier alpha value is -1.52. The number of piperidine rings is 1. The second-order valence-electron chi connectivity index (χ2n) is 4.22. The van der Waals surface area contributed by atoms with Crippen molar-refractivity contribution in [3.05, 3.63) is 12.2 Å². The van der Waals surface area contributed by atoms with Gasteiger partial charge in [-0.15, -0.1) is 0 Å². The highest BCUT2D eigenvalue weighted by atomic mass is 16.6. The van der Waals surface area contributed by atoms with E-state index in [2.05, 4.69) is 6.58 Å². The molecule has 5 heteroatoms. The van der Waals surface area contributed by atoms with Crippen LogP contribution in [0, 0.1) is 0 Å². The van der Waals surface area contributed by atoms with Crippen LogP contribution < -0.4 is 0 Å². The summed E-state index contributed by atoms with van der Waals surface area (Å²) in [5.41, 5.74) is 0.870. The van der Waals surface area contributed by atoms with Crippen LogP contribution in [0.3, 0.4) is 0 Å². The maximum Gasteiger partial charge on any atom is 0.410 e. The average Bonchev–Trinajstić information content (AvgIpc) is 2.29. The summed E-state index contributed by atoms with van der Waals surface area (Å²) in [7, 11) is 0. The number of carbonyl (C=O) groups is 2. The van der Waals surface area contributed by atoms with E-state index in [9.17, 15) is 9.59 Å². The molecule has 0 radical (unpaired) electrons. The average molecular weight is 241 g/mol. The van der Waals surface area contributed by atoms with Crippen molar-refractivity contribution < 1.29 is 19.4 Å². The minimum atomic E-state index is -1.00. The molecule has 1 atom stereocenters. The Balaban J connectivity index is 2.57. The predicted octanol–water partition coefficient (Wildman–Crippen LogP) is 2.03. The van der Waals surface area contributed by atoms with E-state index in [1.54, 1.807) is 0 Å². The molecule has 0 saturated carbocycles. The van der Waals surface area contributed by atoms with Gasteiger partial charge < -0.3 is 9.84 Å². The smallest absolute Gasteiger partial charge is 0.410 e. The van der Waals surface area contributed by atoms with E-state index < -0.39 is 18.1 Å². The fourth-order valence-electron chi connectivity index (χ4n) is 1.75. The van der Waals surface area contributed by atoms with Crippen molar-refractivity contribution in [2.45, 2.75) is 38.6 Å². The largest absolute Gasteiger partial charge is 0.480 e. The summed E-state index contributed by atoms with van der Waals surface area (Å²) in [6.45, 7) is 6.49. The Morgan fingerprint density at radius 3 is 2.88 bits per heavy atom. The summed E-state index contributed by atoms with van der Waals surface area (Å²) in [6.07, 6.45) is 2.17. The molecular formula is C12H19NO4. The van der Waals surface area contributed by atoms with Gasteiger partial charge in [0.25, 0.3) is 0 Å². The fraction of sp³-hybridized carbons (Fsp3) is 0.667. The van der Waals surface area contributed by atoms with E-state index in [1.807, 2.05) is 6.92 Å². The van der Waals surface area contributed by atoms with Gasteiger partial charge in [0, 0.05) is 6.54 Å². The van der Waals surface area contributed by atoms with Crippen LogP contribution in [0.4, 0.5) is 4.79 Å². The number of carboxylic acids is 1. The first-order valence-corrected chi connectivity index (χ1v) is 5.89. The minimum absolute atomic E-state index is 0.318. The van der Waals surface area contributed by atoms with Crippen LogP contribution in [0.15, 0.2) is 12.2 Å². The molecule has 96 valence electrons. The zero-order valence-electron chi connectivity index (χ0n) is 10.1. The first-order valence-electron chi connectivity index (χ1n) is 5.89. The number of nitrogens with zero attached hydrogens (tertiary/aromatic N) is 1. The maximum absolute atomic E-state index is 11.7. The molecule has 1 rings (SSSR count). The first kappa shape index (κ1) is 13.5. The molecule has 1 N–H and O–H groups in total. The summed E-state index contributed by atoms with van der Waals surface area (Å²) in [6, 6.07) is -0.828. The summed E-state index contributed by atoms with van der Waals surface area (Å²) in [5, 5.41) is 9.06. The summed E-state index contributed by atoms with van der Waals surface area (Å²) >= 11 is 0. The van der Waals surface area contributed by atoms with Gasteiger partial charge >= 0.3 is 12.1 Å². The molecule has 1 heterocycles. The van der Waals surface area contributed by atoms with Crippen LogP contribution in [0.1, 0.15) is 32.6 Å². The highest BCUT2D eigenvalue weighted by Gasteiger charge is 2.34. The van der Waals surface area contributed by atoms with Gasteiger partial charge in [-0.25, -0.2) is 9.59 Å². The van der Waals surface area contributed by atoms with Crippen molar-refractivity contribution in [3.8, 4) is 0 Å². The third kappa shape index (κ3) is 3.76. The van der Waals surface area contributed by atoms with E-state index in [1.165, 1.54) is 4.90 Å². The second kappa shape index (κ2) is 6.27. The van der Waals surface area contributed by atoms with Crippen LogP contribution >= 0.6 is 0 Å². The standard InChI is InChI=1S/C12H19NO4/c1-3-4-7-17-12(16)13-6-5-9(2)8-10(13)11(14)15/h10H,2-8H2,1H3,(H,14,15). The Bertz CT molecular complexity index is 314. The van der Waals surface area contributed by atoms with Crippen molar-refractivity contribution in [1.82, 2.24) is 4.90 Å². The molecule has 1 amide bonds. The highest BCUT2D eigenvalue weighted by molar-refractivity contribution is 5.80. The van der Waals surface area contributed by atoms with Crippen LogP contribution in [-0.2, 0) is 9.53 Å². The van der Waals surface area contributed by atoms with Gasteiger partial charge in [0.15, 0.2) is 0 Å². The second-order valence-corrected chi connectivity index (χ2v) is 4.22. The maximum atomic E-state index is 11.7. The third-order valence-electron chi connectivity index (χ3n) is 2.81. The van der Waals surface area contributed by atoms with Gasteiger partial charge in [0.05, 0.1) is 6.61 Å². The number of aliphatic carboxylic acids is 1. The molecule has 17 heavy (non-hydrogen) atoms. The van der Waals surface area contributed by atoms with Gasteiger partial charge in [-0.2, -0.15) is 0 Å². The van der Waals surface area contributed by atoms with Crippen molar-refractivity contribution in [3.63, 3.8) is 0 Å². The minimum Gasteiger partial charge on any atom is -0.480 e. The molecule has 0 aliphatic carbocycles. The molecule has 1 aliphatic rings. The molecule has 0 aromatic rings. The molecule has 0 aromatic heterocycles. The number of likely N-dealkylation sites (tertiary alicyclic amines) is 1. The van der Waals surface area contributed by atoms with Crippen LogP contribution in [0.5, 0.6) is 0 Å². The van der Waals surface area contributed by atoms with E-state index >= 15 is 0 Å². The Morgan fingerprint density at radius 1 is 1.59 bits per heavy atom. The zero-order valence-corrected chi connectivity index (χ0v) is 10.1. The van der Waals surface area contributed by atoms with E-state index in [0.29, 0.717) is 26.0 Å². The molecule has 1 saturated heterocycles. The molecule has 1 aliphatic heterocycles. The van der Waals surface area contributed by atoms with Gasteiger partial charge in [-0.05, 0) is 19.3 Å². The van der Waals surface area contributed by atoms with Crippen molar-refractivity contribution in [2.75, 3.05) is 13.2 Å². The molecule has 0 spiro atoms. The number of ether oxygens (including phenoxy) is 1.